The van der Waals surface area contributed by atoms with Crippen LogP contribution in [0.4, 0.5) is 45.2 Å². The van der Waals surface area contributed by atoms with Crippen molar-refractivity contribution in [2.45, 2.75) is 180 Å². The number of piperidine rings is 4. The summed E-state index contributed by atoms with van der Waals surface area (Å²) in [6.45, 7) is 34.1. The van der Waals surface area contributed by atoms with Crippen LogP contribution in [-0.4, -0.2) is 217 Å². The number of likely N-dealkylation sites (tertiary alicyclic amines) is 4. The van der Waals surface area contributed by atoms with Crippen LogP contribution in [0.3, 0.4) is 0 Å². The van der Waals surface area contributed by atoms with Gasteiger partial charge >= 0.3 is 46.7 Å². The zero-order valence-electron chi connectivity index (χ0n) is 70.4. The summed E-state index contributed by atoms with van der Waals surface area (Å²) in [6.07, 6.45) is 4.47. The first-order valence-electron chi connectivity index (χ1n) is 39.2. The van der Waals surface area contributed by atoms with Crippen LogP contribution in [0.5, 0.6) is 0 Å². The van der Waals surface area contributed by atoms with Gasteiger partial charge < -0.3 is 41.3 Å². The van der Waals surface area contributed by atoms with Crippen molar-refractivity contribution in [3.8, 4) is 0 Å². The van der Waals surface area contributed by atoms with E-state index >= 15 is 0 Å². The summed E-state index contributed by atoms with van der Waals surface area (Å²) >= 11 is 0. The Bertz CT molecular complexity index is 4240. The fourth-order valence-corrected chi connectivity index (χ4v) is 17.0. The number of ether oxygens (including phenoxy) is 5. The van der Waals surface area contributed by atoms with E-state index in [0.717, 1.165) is 95.8 Å². The van der Waals surface area contributed by atoms with E-state index in [0.29, 0.717) is 68.5 Å². The summed E-state index contributed by atoms with van der Waals surface area (Å²) in [7, 11) is -15.9. The second-order valence-corrected chi connectivity index (χ2v) is 36.7. The van der Waals surface area contributed by atoms with E-state index in [-0.39, 0.29) is 64.2 Å². The first-order valence-corrected chi connectivity index (χ1v) is 43.4. The van der Waals surface area contributed by atoms with Crippen LogP contribution >= 0.6 is 0 Å². The number of ketones is 1. The SMILES string of the molecule is CC1C=CCN(Cc2ccccc2)C1.CC1CN(Cc2ccccc2)CCC1=O.CC1CN(Cc2ccccc2)CCC1OS(=O)(=O)C(F)(F)F.COC(C)(C)OC.C[C@@H]1CN(Cc2ccccc2)C[C@@H](O)[C@H]1O.C[C@@H]1CN(Cc2ccccc2)C[C@H]2OC(C)(C)O[C@@H]12.C[C@@H]1CO1.O=S(=O)(N(c1ccccc1)S(=O)(=O)C(F)(F)F)C(F)(F)F.[CH3-].[Pd]. The van der Waals surface area contributed by atoms with E-state index < -0.39 is 86.0 Å². The van der Waals surface area contributed by atoms with Gasteiger partial charge in [0.2, 0.25) is 0 Å². The topological polar surface area (TPSA) is 238 Å². The zero-order chi connectivity index (χ0) is 87.5. The van der Waals surface area contributed by atoms with Gasteiger partial charge in [-0.3, -0.25) is 33.5 Å². The Morgan fingerprint density at radius 2 is 0.875 bits per heavy atom. The molecule has 0 bridgehead atoms. The number of aliphatic hydroxyl groups excluding tert-OH is 2. The second kappa shape index (κ2) is 49.0. The molecule has 11 atom stereocenters. The molecule has 34 heteroatoms. The average Bonchev–Trinajstić information content (AvgIpc) is 0.894. The number of alkyl halides is 9. The number of carbonyl (C=O) groups excluding carboxylic acids is 1. The van der Waals surface area contributed by atoms with Gasteiger partial charge in [-0.15, -0.1) is 3.71 Å². The van der Waals surface area contributed by atoms with E-state index in [1.807, 2.05) is 96.1 Å². The molecule has 6 fully saturated rings. The van der Waals surface area contributed by atoms with Gasteiger partial charge in [-0.05, 0) is 105 Å². The Balaban J connectivity index is 0.000000295. The molecule has 0 aliphatic carbocycles. The third-order valence-electron chi connectivity index (χ3n) is 20.0. The maximum atomic E-state index is 12.4. The van der Waals surface area contributed by atoms with Crippen molar-refractivity contribution in [2.24, 2.45) is 29.6 Å². The maximum Gasteiger partial charge on any atom is 0.523 e. The number of benzene rings is 6. The summed E-state index contributed by atoms with van der Waals surface area (Å²) in [6, 6.07) is 55.5. The number of halogens is 9. The van der Waals surface area contributed by atoms with Gasteiger partial charge in [-0.2, -0.15) is 64.8 Å². The minimum atomic E-state index is -6.81. The van der Waals surface area contributed by atoms with Crippen molar-refractivity contribution in [1.29, 1.82) is 0 Å². The van der Waals surface area contributed by atoms with Crippen LogP contribution in [0.2, 0.25) is 0 Å². The average molecular weight is 1850 g/mol. The van der Waals surface area contributed by atoms with E-state index in [9.17, 15) is 79.8 Å². The van der Waals surface area contributed by atoms with Gasteiger partial charge in [0.25, 0.3) is 0 Å². The normalized spacial score (nSPS) is 24.1. The minimum Gasteiger partial charge on any atom is -0.390 e. The molecule has 6 aromatic rings. The molecular weight excluding hydrogens is 1730 g/mol. The number of epoxide rings is 1. The van der Waals surface area contributed by atoms with Gasteiger partial charge in [0.05, 0.1) is 42.8 Å². The van der Waals surface area contributed by atoms with Gasteiger partial charge in [-0.25, -0.2) is 0 Å². The predicted octanol–water partition coefficient (Wildman–Crippen LogP) is 15.1. The fourth-order valence-electron chi connectivity index (χ4n) is 13.5. The summed E-state index contributed by atoms with van der Waals surface area (Å²) in [4.78, 5) is 23.0. The van der Waals surface area contributed by atoms with Crippen LogP contribution in [0.15, 0.2) is 194 Å². The number of β-amino-alcohol motifs (C(OH)–C–C–N with tert-alkyl or cyclic N) is 1. The first-order chi connectivity index (χ1) is 55.2. The van der Waals surface area contributed by atoms with Gasteiger partial charge in [-0.1, -0.05) is 217 Å². The van der Waals surface area contributed by atoms with E-state index in [1.54, 1.807) is 21.1 Å². The molecule has 7 heterocycles. The number of fused-ring (bicyclic) bond motifs is 1. The van der Waals surface area contributed by atoms with Crippen LogP contribution in [0.1, 0.15) is 110 Å². The van der Waals surface area contributed by atoms with Gasteiger partial charge in [0.15, 0.2) is 11.6 Å². The molecule has 6 aromatic carbocycles. The Kier molecular flexibility index (Phi) is 43.3. The molecule has 2 N–H and O–H groups in total. The van der Waals surface area contributed by atoms with Crippen LogP contribution < -0.4 is 3.71 Å². The van der Waals surface area contributed by atoms with Crippen molar-refractivity contribution in [3.63, 3.8) is 0 Å². The molecule has 6 saturated heterocycles. The minimum absolute atomic E-state index is 0. The zero-order valence-corrected chi connectivity index (χ0v) is 74.4. The Morgan fingerprint density at radius 3 is 1.23 bits per heavy atom. The van der Waals surface area contributed by atoms with Crippen molar-refractivity contribution in [1.82, 2.24) is 24.5 Å². The number of Topliss-reactive ketones (excluding diaryl/α,β-unsaturated/α-hetero) is 1. The standard InChI is InChI=1S/C16H23NO2.C14H18F3NO3S.C13H19NO2.C13H17NO.C13H17N.C8H5F6NO4S2.C5H12O2.C3H6O.CH3.Pd/c1-12-9-17(10-13-7-5-4-6-8-13)11-14-15(12)19-16(2,3)18-14;1-11-9-18(10-12-5-3-2-4-6-12)8-7-13(11)21-22(19,20)14(15,16)17;1-10-7-14(9-12(15)13(10)16)8-11-5-3-2-4-6-11;1-11-9-14(8-7-13(11)15)10-12-5-3-2-4-6-12;1-12-6-5-9-14(10-12)11-13-7-3-2-4-8-13;9-7(10,11)20(16,17)15(6-4-2-1-3-5-6)21(18,19)8(12,13)14;1-5(2,6-3)7-4;1-3-2-4-3;;/h4-8,12,14-15H,9-11H2,1-3H3;2-6,11,13H,7-10H2,1H3;2-6,10,12-13,15-16H,7-9H2,1H3;2-6,11H,7-10H2,1H3;2-8,12H,9-11H2,1H3;1-5H;1-4H3;3H,2H2,1H3;1H3;/q;;;;;;;;-1;/t12-,14-,15+;;10-,12-,13+;;;;;3-;;/m1.1....1../s1. The van der Waals surface area contributed by atoms with Crippen LogP contribution in [-0.2, 0) is 116 Å². The number of aliphatic hydroxyl groups is 2. The molecule has 21 nitrogen and oxygen atoms in total. The molecule has 676 valence electrons. The number of hydrogen-bond donors (Lipinski definition) is 2. The molecule has 0 spiro atoms. The monoisotopic (exact) mass is 1850 g/mol. The van der Waals surface area contributed by atoms with Crippen molar-refractivity contribution in [3.05, 3.63) is 229 Å². The number of sulfonamides is 2. The molecule has 4 unspecified atom stereocenters. The number of anilines is 1. The van der Waals surface area contributed by atoms with E-state index in [2.05, 4.69) is 159 Å². The number of carbonyl (C=O) groups is 1. The molecule has 0 saturated carbocycles. The Labute approximate surface area is 718 Å². The number of rotatable bonds is 17. The summed E-state index contributed by atoms with van der Waals surface area (Å²) in [5, 5.41) is 19.4. The number of nitrogens with zero attached hydrogens (tertiary/aromatic N) is 6. The predicted molar refractivity (Wildman–Crippen MR) is 442 cm³/mol. The summed E-state index contributed by atoms with van der Waals surface area (Å²) in [5.74, 6) is 0.840. The fraction of sp³-hybridized carbons (Fsp3) is 0.535. The molecule has 0 radical (unpaired) electrons. The van der Waals surface area contributed by atoms with Crippen molar-refractivity contribution in [2.75, 3.05) is 90.0 Å². The summed E-state index contributed by atoms with van der Waals surface area (Å²) < 4.78 is 208. The van der Waals surface area contributed by atoms with Crippen molar-refractivity contribution >= 4 is 41.6 Å². The largest absolute Gasteiger partial charge is 0.523 e. The molecular formula is C86H120F9N6O15PdS3-. The molecule has 7 aliphatic heterocycles. The smallest absolute Gasteiger partial charge is 0.390 e. The molecule has 7 aliphatic rings. The van der Waals surface area contributed by atoms with E-state index in [4.69, 9.17) is 23.7 Å². The third kappa shape index (κ3) is 35.5. The Hall–Kier alpha value is -6.11. The van der Waals surface area contributed by atoms with Gasteiger partial charge in [0, 0.05) is 145 Å². The second-order valence-electron chi connectivity index (χ2n) is 31.3. The molecule has 120 heavy (non-hydrogen) atoms. The number of methoxy groups -OCH3 is 2. The molecule has 13 rings (SSSR count). The quantitative estimate of drug-likeness (QED) is 0.0126. The number of hydrogen-bond acceptors (Lipinski definition) is 20. The Morgan fingerprint density at radius 1 is 0.500 bits per heavy atom. The third-order valence-corrected chi connectivity index (χ3v) is 24.7. The number of para-hydroxylation sites is 1. The van der Waals surface area contributed by atoms with Crippen LogP contribution in [0, 0.1) is 37.0 Å². The van der Waals surface area contributed by atoms with Crippen LogP contribution in [0.25, 0.3) is 0 Å². The summed E-state index contributed by atoms with van der Waals surface area (Å²) in [5.41, 5.74) is -12.7. The molecule has 0 amide bonds. The maximum absolute atomic E-state index is 12.4. The van der Waals surface area contributed by atoms with Crippen molar-refractivity contribution < 1.29 is 128 Å². The van der Waals surface area contributed by atoms with Gasteiger partial charge in [0.1, 0.15) is 11.9 Å². The first kappa shape index (κ1) is 106. The molecule has 0 aromatic heterocycles. The van der Waals surface area contributed by atoms with E-state index in [1.165, 1.54) is 28.8 Å².